The predicted octanol–water partition coefficient (Wildman–Crippen LogP) is 4.84. The highest BCUT2D eigenvalue weighted by molar-refractivity contribution is 5.82. The predicted molar refractivity (Wildman–Crippen MR) is 103 cm³/mol. The molecule has 1 fully saturated rings. The molecule has 1 aliphatic carbocycles. The number of benzene rings is 2. The van der Waals surface area contributed by atoms with Gasteiger partial charge in [-0.15, -0.1) is 0 Å². The molecule has 0 aromatic heterocycles. The highest BCUT2D eigenvalue weighted by atomic mass is 16.5. The van der Waals surface area contributed by atoms with Crippen molar-refractivity contribution >= 4 is 11.8 Å². The van der Waals surface area contributed by atoms with Crippen molar-refractivity contribution in [2.75, 3.05) is 0 Å². The lowest BCUT2D eigenvalue weighted by molar-refractivity contribution is -0.149. The number of para-hydroxylation sites is 1. The van der Waals surface area contributed by atoms with Crippen LogP contribution in [0.4, 0.5) is 0 Å². The number of carbonyl (C=O) groups excluding carboxylic acids is 2. The zero-order valence-corrected chi connectivity index (χ0v) is 16.2. The summed E-state index contributed by atoms with van der Waals surface area (Å²) in [7, 11) is 0. The molecule has 0 unspecified atom stereocenters. The number of hydrogen-bond donors (Lipinski definition) is 0. The Balaban J connectivity index is 1.70. The average molecular weight is 377 g/mol. The summed E-state index contributed by atoms with van der Waals surface area (Å²) in [6.45, 7) is 5.41. The molecule has 3 rings (SSSR count). The fraction of sp³-hybridized carbons (Fsp3) is 0.348. The van der Waals surface area contributed by atoms with Gasteiger partial charge in [-0.05, 0) is 42.5 Å². The third-order valence-corrected chi connectivity index (χ3v) is 5.30. The van der Waals surface area contributed by atoms with E-state index in [1.807, 2.05) is 50.2 Å². The van der Waals surface area contributed by atoms with Crippen molar-refractivity contribution in [1.29, 1.82) is 5.26 Å². The molecule has 2 aromatic carbocycles. The van der Waals surface area contributed by atoms with Crippen LogP contribution in [0.25, 0.3) is 0 Å². The van der Waals surface area contributed by atoms with Crippen LogP contribution < -0.4 is 4.74 Å². The van der Waals surface area contributed by atoms with Crippen LogP contribution in [0.3, 0.4) is 0 Å². The van der Waals surface area contributed by atoms with Crippen LogP contribution in [0, 0.1) is 28.6 Å². The van der Waals surface area contributed by atoms with Crippen molar-refractivity contribution in [2.45, 2.75) is 33.3 Å². The van der Waals surface area contributed by atoms with E-state index in [2.05, 4.69) is 0 Å². The topological polar surface area (TPSA) is 76.4 Å². The van der Waals surface area contributed by atoms with Crippen LogP contribution in [-0.4, -0.2) is 11.8 Å². The van der Waals surface area contributed by atoms with Gasteiger partial charge in [0, 0.05) is 12.0 Å². The third kappa shape index (κ3) is 4.23. The zero-order valence-electron chi connectivity index (χ0n) is 16.2. The summed E-state index contributed by atoms with van der Waals surface area (Å²) >= 11 is 0. The summed E-state index contributed by atoms with van der Waals surface area (Å²) in [5.74, 6) is 0.451. The summed E-state index contributed by atoms with van der Waals surface area (Å²) in [4.78, 5) is 24.0. The molecule has 0 saturated heterocycles. The number of esters is 1. The molecule has 2 aromatic rings. The molecule has 0 bridgehead atoms. The maximum Gasteiger partial charge on any atom is 0.311 e. The van der Waals surface area contributed by atoms with E-state index >= 15 is 0 Å². The number of hydrogen-bond acceptors (Lipinski definition) is 5. The van der Waals surface area contributed by atoms with Crippen molar-refractivity contribution in [3.8, 4) is 17.6 Å². The van der Waals surface area contributed by atoms with E-state index in [1.54, 1.807) is 24.3 Å². The largest absolute Gasteiger partial charge is 0.457 e. The molecule has 1 aliphatic rings. The minimum atomic E-state index is -1.03. The van der Waals surface area contributed by atoms with Crippen molar-refractivity contribution in [2.24, 2.45) is 17.3 Å². The normalized spacial score (nSPS) is 20.5. The number of ketones is 1. The molecule has 28 heavy (non-hydrogen) atoms. The van der Waals surface area contributed by atoms with Crippen LogP contribution in [0.2, 0.25) is 0 Å². The minimum Gasteiger partial charge on any atom is -0.457 e. The van der Waals surface area contributed by atoms with E-state index in [0.717, 1.165) is 0 Å². The quantitative estimate of drug-likeness (QED) is 0.646. The second-order valence-electron chi connectivity index (χ2n) is 7.75. The Morgan fingerprint density at radius 1 is 1.11 bits per heavy atom. The van der Waals surface area contributed by atoms with Crippen LogP contribution in [0.1, 0.15) is 38.9 Å². The van der Waals surface area contributed by atoms with E-state index in [1.165, 1.54) is 6.92 Å². The van der Waals surface area contributed by atoms with E-state index in [0.29, 0.717) is 23.5 Å². The summed E-state index contributed by atoms with van der Waals surface area (Å²) in [6, 6.07) is 18.3. The van der Waals surface area contributed by atoms with E-state index in [-0.39, 0.29) is 23.0 Å². The van der Waals surface area contributed by atoms with Gasteiger partial charge in [0.1, 0.15) is 23.4 Å². The molecule has 0 radical (unpaired) electrons. The van der Waals surface area contributed by atoms with Crippen molar-refractivity contribution in [1.82, 2.24) is 0 Å². The van der Waals surface area contributed by atoms with Gasteiger partial charge in [-0.2, -0.15) is 5.26 Å². The van der Waals surface area contributed by atoms with Gasteiger partial charge < -0.3 is 14.3 Å². The van der Waals surface area contributed by atoms with Crippen molar-refractivity contribution in [3.05, 3.63) is 60.2 Å². The molecular formula is C23H23NO4. The fourth-order valence-electron chi connectivity index (χ4n) is 3.63. The molecule has 0 amide bonds. The van der Waals surface area contributed by atoms with Crippen molar-refractivity contribution in [3.63, 3.8) is 0 Å². The molecule has 144 valence electrons. The van der Waals surface area contributed by atoms with Crippen LogP contribution in [0.5, 0.6) is 11.5 Å². The van der Waals surface area contributed by atoms with Gasteiger partial charge >= 0.3 is 5.97 Å². The first-order valence-corrected chi connectivity index (χ1v) is 9.25. The van der Waals surface area contributed by atoms with E-state index < -0.39 is 12.1 Å². The number of carbonyl (C=O) groups is 2. The number of Topliss-reactive ketones (excluding diaryl/α,β-unsaturated/α-hetero) is 1. The van der Waals surface area contributed by atoms with Crippen LogP contribution >= 0.6 is 0 Å². The third-order valence-electron chi connectivity index (χ3n) is 5.30. The minimum absolute atomic E-state index is 0.0374. The lowest BCUT2D eigenvalue weighted by Crippen LogP contribution is -2.14. The maximum atomic E-state index is 12.6. The number of rotatable bonds is 7. The Morgan fingerprint density at radius 2 is 1.79 bits per heavy atom. The zero-order chi connectivity index (χ0) is 20.3. The number of nitriles is 1. The van der Waals surface area contributed by atoms with E-state index in [9.17, 15) is 14.9 Å². The molecule has 0 N–H and O–H groups in total. The SMILES string of the molecule is CC(=O)C[C@H]1[C@@H](C(=O)O[C@H](C#N)c2cccc(Oc3ccccc3)c2)C1(C)C. The Morgan fingerprint density at radius 3 is 2.43 bits per heavy atom. The first-order valence-electron chi connectivity index (χ1n) is 9.25. The average Bonchev–Trinajstić information content (AvgIpc) is 3.20. The number of ether oxygens (including phenoxy) is 2. The molecule has 5 heteroatoms. The Hall–Kier alpha value is -3.13. The summed E-state index contributed by atoms with van der Waals surface area (Å²) in [5, 5.41) is 9.53. The summed E-state index contributed by atoms with van der Waals surface area (Å²) in [6.07, 6.45) is -0.675. The second-order valence-corrected chi connectivity index (χ2v) is 7.75. The maximum absolute atomic E-state index is 12.6. The molecule has 3 atom stereocenters. The molecule has 0 heterocycles. The first-order chi connectivity index (χ1) is 13.3. The Labute approximate surface area is 164 Å². The van der Waals surface area contributed by atoms with Gasteiger partial charge in [-0.3, -0.25) is 4.79 Å². The smallest absolute Gasteiger partial charge is 0.311 e. The van der Waals surface area contributed by atoms with Gasteiger partial charge in [0.25, 0.3) is 0 Å². The lowest BCUT2D eigenvalue weighted by atomic mass is 10.1. The van der Waals surface area contributed by atoms with Gasteiger partial charge in [-0.1, -0.05) is 44.2 Å². The Kier molecular flexibility index (Phi) is 5.51. The van der Waals surface area contributed by atoms with Gasteiger partial charge in [-0.25, -0.2) is 0 Å². The molecule has 5 nitrogen and oxygen atoms in total. The summed E-state index contributed by atoms with van der Waals surface area (Å²) < 4.78 is 11.3. The standard InChI is InChI=1S/C23H23NO4/c1-15(25)12-19-21(23(19,2)3)22(26)28-20(14-24)16-8-7-11-18(13-16)27-17-9-5-4-6-10-17/h4-11,13,19-21H,12H2,1-3H3/t19-,20+,21-/m0/s1. The van der Waals surface area contributed by atoms with Crippen LogP contribution in [0.15, 0.2) is 54.6 Å². The molecule has 0 spiro atoms. The second kappa shape index (κ2) is 7.85. The molecule has 0 aliphatic heterocycles. The van der Waals surface area contributed by atoms with Gasteiger partial charge in [0.15, 0.2) is 0 Å². The number of nitrogens with zero attached hydrogens (tertiary/aromatic N) is 1. The molecular weight excluding hydrogens is 354 g/mol. The lowest BCUT2D eigenvalue weighted by Gasteiger charge is -2.13. The fourth-order valence-corrected chi connectivity index (χ4v) is 3.63. The highest BCUT2D eigenvalue weighted by Crippen LogP contribution is 2.60. The monoisotopic (exact) mass is 377 g/mol. The summed E-state index contributed by atoms with van der Waals surface area (Å²) in [5.41, 5.74) is 0.256. The first kappa shape index (κ1) is 19.6. The Bertz CT molecular complexity index is 914. The van der Waals surface area contributed by atoms with Gasteiger partial charge in [0.2, 0.25) is 6.10 Å². The highest BCUT2D eigenvalue weighted by Gasteiger charge is 2.62. The van der Waals surface area contributed by atoms with E-state index in [4.69, 9.17) is 9.47 Å². The van der Waals surface area contributed by atoms with Crippen LogP contribution in [-0.2, 0) is 14.3 Å². The molecule has 1 saturated carbocycles. The van der Waals surface area contributed by atoms with Gasteiger partial charge in [0.05, 0.1) is 5.92 Å². The van der Waals surface area contributed by atoms with Crippen molar-refractivity contribution < 1.29 is 19.1 Å².